The van der Waals surface area contributed by atoms with Crippen LogP contribution in [0.2, 0.25) is 0 Å². The quantitative estimate of drug-likeness (QED) is 0.760. The summed E-state index contributed by atoms with van der Waals surface area (Å²) < 4.78 is 1.87. The Morgan fingerprint density at radius 2 is 2.10 bits per heavy atom. The molecule has 2 N–H and O–H groups in total. The number of carbonyl (C=O) groups excluding carboxylic acids is 1. The molecule has 0 spiro atoms. The SMILES string of the molecule is CCc1c(C(=O)NCCCO)cnn1Cc1ccccc1. The van der Waals surface area contributed by atoms with Crippen LogP contribution in [0.4, 0.5) is 0 Å². The number of rotatable bonds is 7. The second-order valence-corrected chi connectivity index (χ2v) is 4.83. The zero-order valence-corrected chi connectivity index (χ0v) is 12.2. The normalized spacial score (nSPS) is 10.6. The lowest BCUT2D eigenvalue weighted by molar-refractivity contribution is 0.0950. The first-order valence-electron chi connectivity index (χ1n) is 7.24. The van der Waals surface area contributed by atoms with Gasteiger partial charge in [0.15, 0.2) is 0 Å². The Bertz CT molecular complexity index is 578. The largest absolute Gasteiger partial charge is 0.396 e. The summed E-state index contributed by atoms with van der Waals surface area (Å²) in [7, 11) is 0. The molecule has 21 heavy (non-hydrogen) atoms. The maximum atomic E-state index is 12.1. The first kappa shape index (κ1) is 15.3. The maximum Gasteiger partial charge on any atom is 0.254 e. The van der Waals surface area contributed by atoms with E-state index in [0.29, 0.717) is 25.1 Å². The number of aliphatic hydroxyl groups is 1. The molecule has 1 aromatic heterocycles. The average molecular weight is 287 g/mol. The minimum absolute atomic E-state index is 0.0776. The molecule has 0 saturated carbocycles. The summed E-state index contributed by atoms with van der Waals surface area (Å²) in [6.07, 6.45) is 2.93. The number of aromatic nitrogens is 2. The van der Waals surface area contributed by atoms with Gasteiger partial charge in [-0.15, -0.1) is 0 Å². The van der Waals surface area contributed by atoms with Gasteiger partial charge in [0.2, 0.25) is 0 Å². The summed E-state index contributed by atoms with van der Waals surface area (Å²) in [6, 6.07) is 10.1. The van der Waals surface area contributed by atoms with Crippen LogP contribution in [0.25, 0.3) is 0 Å². The number of benzene rings is 1. The van der Waals surface area contributed by atoms with Gasteiger partial charge < -0.3 is 10.4 Å². The van der Waals surface area contributed by atoms with Crippen molar-refractivity contribution >= 4 is 5.91 Å². The summed E-state index contributed by atoms with van der Waals surface area (Å²) in [6.45, 7) is 3.23. The third-order valence-corrected chi connectivity index (χ3v) is 3.32. The lowest BCUT2D eigenvalue weighted by Crippen LogP contribution is -2.26. The summed E-state index contributed by atoms with van der Waals surface area (Å²) in [5.41, 5.74) is 2.70. The topological polar surface area (TPSA) is 67.2 Å². The van der Waals surface area contributed by atoms with Crippen molar-refractivity contribution in [2.45, 2.75) is 26.3 Å². The predicted octanol–water partition coefficient (Wildman–Crippen LogP) is 1.61. The van der Waals surface area contributed by atoms with E-state index >= 15 is 0 Å². The van der Waals surface area contributed by atoms with Crippen LogP contribution in [0.5, 0.6) is 0 Å². The highest BCUT2D eigenvalue weighted by Crippen LogP contribution is 2.12. The van der Waals surface area contributed by atoms with Crippen LogP contribution >= 0.6 is 0 Å². The minimum Gasteiger partial charge on any atom is -0.396 e. The highest BCUT2D eigenvalue weighted by Gasteiger charge is 2.15. The number of aliphatic hydroxyl groups excluding tert-OH is 1. The molecule has 5 nitrogen and oxygen atoms in total. The third-order valence-electron chi connectivity index (χ3n) is 3.32. The van der Waals surface area contributed by atoms with E-state index in [-0.39, 0.29) is 12.5 Å². The number of amides is 1. The van der Waals surface area contributed by atoms with Gasteiger partial charge in [0.1, 0.15) is 0 Å². The van der Waals surface area contributed by atoms with Crippen molar-refractivity contribution in [1.82, 2.24) is 15.1 Å². The number of nitrogens with zero attached hydrogens (tertiary/aromatic N) is 2. The second kappa shape index (κ2) is 7.59. The molecule has 1 heterocycles. The predicted molar refractivity (Wildman–Crippen MR) is 81.2 cm³/mol. The van der Waals surface area contributed by atoms with Crippen molar-refractivity contribution in [3.63, 3.8) is 0 Å². The number of hydrogen-bond acceptors (Lipinski definition) is 3. The molecule has 1 amide bonds. The molecule has 0 radical (unpaired) electrons. The number of nitrogens with one attached hydrogen (secondary N) is 1. The average Bonchev–Trinajstić information content (AvgIpc) is 2.91. The van der Waals surface area contributed by atoms with E-state index in [1.165, 1.54) is 0 Å². The lowest BCUT2D eigenvalue weighted by atomic mass is 10.1. The monoisotopic (exact) mass is 287 g/mol. The van der Waals surface area contributed by atoms with Gasteiger partial charge >= 0.3 is 0 Å². The van der Waals surface area contributed by atoms with Crippen LogP contribution in [-0.2, 0) is 13.0 Å². The van der Waals surface area contributed by atoms with Crippen molar-refractivity contribution in [3.8, 4) is 0 Å². The van der Waals surface area contributed by atoms with Gasteiger partial charge in [-0.3, -0.25) is 9.48 Å². The number of hydrogen-bond donors (Lipinski definition) is 2. The molecule has 112 valence electrons. The molecule has 0 aliphatic rings. The molecule has 1 aromatic carbocycles. The van der Waals surface area contributed by atoms with Crippen LogP contribution in [0, 0.1) is 0 Å². The molecule has 2 aromatic rings. The van der Waals surface area contributed by atoms with Crippen LogP contribution in [0.3, 0.4) is 0 Å². The van der Waals surface area contributed by atoms with E-state index in [0.717, 1.165) is 17.7 Å². The fourth-order valence-corrected chi connectivity index (χ4v) is 2.24. The minimum atomic E-state index is -0.125. The molecule has 0 atom stereocenters. The fourth-order valence-electron chi connectivity index (χ4n) is 2.24. The Kier molecular flexibility index (Phi) is 5.51. The van der Waals surface area contributed by atoms with Crippen molar-refractivity contribution in [1.29, 1.82) is 0 Å². The molecule has 5 heteroatoms. The Labute approximate surface area is 124 Å². The molecular formula is C16H21N3O2. The molecule has 0 bridgehead atoms. The van der Waals surface area contributed by atoms with Gasteiger partial charge in [-0.05, 0) is 18.4 Å². The van der Waals surface area contributed by atoms with Gasteiger partial charge in [-0.25, -0.2) is 0 Å². The van der Waals surface area contributed by atoms with Crippen molar-refractivity contribution < 1.29 is 9.90 Å². The van der Waals surface area contributed by atoms with Crippen LogP contribution in [0.15, 0.2) is 36.5 Å². The lowest BCUT2D eigenvalue weighted by Gasteiger charge is -2.08. The van der Waals surface area contributed by atoms with Crippen LogP contribution in [0.1, 0.15) is 35.0 Å². The van der Waals surface area contributed by atoms with E-state index in [4.69, 9.17) is 5.11 Å². The van der Waals surface area contributed by atoms with E-state index in [2.05, 4.69) is 10.4 Å². The first-order valence-corrected chi connectivity index (χ1v) is 7.24. The molecule has 2 rings (SSSR count). The molecule has 0 fully saturated rings. The fraction of sp³-hybridized carbons (Fsp3) is 0.375. The van der Waals surface area contributed by atoms with Crippen molar-refractivity contribution in [2.24, 2.45) is 0 Å². The van der Waals surface area contributed by atoms with Crippen molar-refractivity contribution in [2.75, 3.05) is 13.2 Å². The van der Waals surface area contributed by atoms with E-state index in [9.17, 15) is 4.79 Å². The summed E-state index contributed by atoms with van der Waals surface area (Å²) >= 11 is 0. The molecule has 0 saturated heterocycles. The van der Waals surface area contributed by atoms with Gasteiger partial charge in [0, 0.05) is 13.2 Å². The van der Waals surface area contributed by atoms with Gasteiger partial charge in [-0.2, -0.15) is 5.10 Å². The molecule has 0 unspecified atom stereocenters. The van der Waals surface area contributed by atoms with Crippen LogP contribution in [-0.4, -0.2) is 33.9 Å². The second-order valence-electron chi connectivity index (χ2n) is 4.83. The zero-order chi connectivity index (χ0) is 15.1. The summed E-state index contributed by atoms with van der Waals surface area (Å²) in [4.78, 5) is 12.1. The molecule has 0 aliphatic heterocycles. The highest BCUT2D eigenvalue weighted by molar-refractivity contribution is 5.95. The summed E-state index contributed by atoms with van der Waals surface area (Å²) in [5, 5.41) is 15.9. The standard InChI is InChI=1S/C16H21N3O2/c1-2-15-14(16(21)17-9-6-10-20)11-18-19(15)12-13-7-4-3-5-8-13/h3-5,7-8,11,20H,2,6,9-10,12H2,1H3,(H,17,21). The van der Waals surface area contributed by atoms with Crippen LogP contribution < -0.4 is 5.32 Å². The molecule has 0 aliphatic carbocycles. The number of carbonyl (C=O) groups is 1. The van der Waals surface area contributed by atoms with E-state index in [1.54, 1.807) is 6.20 Å². The van der Waals surface area contributed by atoms with E-state index < -0.39 is 0 Å². The molecular weight excluding hydrogens is 266 g/mol. The van der Waals surface area contributed by atoms with Gasteiger partial charge in [0.05, 0.1) is 24.0 Å². The highest BCUT2D eigenvalue weighted by atomic mass is 16.3. The maximum absolute atomic E-state index is 12.1. The third kappa shape index (κ3) is 3.92. The first-order chi connectivity index (χ1) is 10.3. The summed E-state index contributed by atoms with van der Waals surface area (Å²) in [5.74, 6) is -0.125. The Balaban J connectivity index is 2.12. The van der Waals surface area contributed by atoms with Gasteiger partial charge in [-0.1, -0.05) is 37.3 Å². The Morgan fingerprint density at radius 1 is 1.33 bits per heavy atom. The zero-order valence-electron chi connectivity index (χ0n) is 12.2. The Hall–Kier alpha value is -2.14. The van der Waals surface area contributed by atoms with E-state index in [1.807, 2.05) is 41.9 Å². The Morgan fingerprint density at radius 3 is 2.76 bits per heavy atom. The smallest absolute Gasteiger partial charge is 0.254 e. The van der Waals surface area contributed by atoms with Crippen molar-refractivity contribution in [3.05, 3.63) is 53.3 Å². The van der Waals surface area contributed by atoms with Gasteiger partial charge in [0.25, 0.3) is 5.91 Å².